The molecule has 1 heteroatoms. The molecule has 55 valence electrons. The number of hydrogen-bond acceptors (Lipinski definition) is 0. The molecule has 0 saturated heterocycles. The van der Waals surface area contributed by atoms with E-state index in [1.54, 1.807) is 0 Å². The standard InChI is InChI=1S/C10H10N/c1-2-8-7-11-10-6-4-3-5-9(8)10/h3-7,11H,1-2H2. The molecule has 2 aromatic rings. The Morgan fingerprint density at radius 1 is 1.27 bits per heavy atom. The molecule has 1 heterocycles. The van der Waals surface area contributed by atoms with Gasteiger partial charge in [0, 0.05) is 17.1 Å². The summed E-state index contributed by atoms with van der Waals surface area (Å²) in [4.78, 5) is 3.20. The van der Waals surface area contributed by atoms with E-state index in [-0.39, 0.29) is 0 Å². The van der Waals surface area contributed by atoms with Crippen LogP contribution in [0, 0.1) is 6.92 Å². The van der Waals surface area contributed by atoms with Crippen LogP contribution >= 0.6 is 0 Å². The van der Waals surface area contributed by atoms with Crippen LogP contribution in [-0.2, 0) is 6.42 Å². The van der Waals surface area contributed by atoms with Crippen molar-refractivity contribution >= 4 is 10.9 Å². The maximum absolute atomic E-state index is 3.86. The van der Waals surface area contributed by atoms with Crippen molar-refractivity contribution in [2.45, 2.75) is 6.42 Å². The van der Waals surface area contributed by atoms with Gasteiger partial charge in [0.15, 0.2) is 0 Å². The van der Waals surface area contributed by atoms with Gasteiger partial charge in [-0.3, -0.25) is 0 Å². The summed E-state index contributed by atoms with van der Waals surface area (Å²) in [7, 11) is 0. The minimum Gasteiger partial charge on any atom is -0.361 e. The molecule has 0 fully saturated rings. The molecule has 0 aliphatic rings. The zero-order valence-electron chi connectivity index (χ0n) is 6.30. The highest BCUT2D eigenvalue weighted by molar-refractivity contribution is 5.83. The maximum atomic E-state index is 3.86. The Morgan fingerprint density at radius 2 is 2.09 bits per heavy atom. The smallest absolute Gasteiger partial charge is 0.0456 e. The monoisotopic (exact) mass is 144 g/mol. The lowest BCUT2D eigenvalue weighted by Crippen LogP contribution is -1.73. The highest BCUT2D eigenvalue weighted by Gasteiger charge is 1.97. The average molecular weight is 144 g/mol. The van der Waals surface area contributed by atoms with Crippen LogP contribution < -0.4 is 0 Å². The minimum absolute atomic E-state index is 0.851. The first-order valence-corrected chi connectivity index (χ1v) is 3.76. The van der Waals surface area contributed by atoms with Crippen LogP contribution in [0.2, 0.25) is 0 Å². The van der Waals surface area contributed by atoms with Gasteiger partial charge in [0.25, 0.3) is 0 Å². The summed E-state index contributed by atoms with van der Waals surface area (Å²) in [5.41, 5.74) is 2.49. The molecule has 0 amide bonds. The number of rotatable bonds is 1. The summed E-state index contributed by atoms with van der Waals surface area (Å²) in [5, 5.41) is 1.29. The molecule has 0 saturated carbocycles. The fourth-order valence-corrected chi connectivity index (χ4v) is 1.34. The van der Waals surface area contributed by atoms with E-state index in [1.807, 2.05) is 12.3 Å². The number of hydrogen-bond donors (Lipinski definition) is 1. The van der Waals surface area contributed by atoms with Gasteiger partial charge in [-0.2, -0.15) is 0 Å². The summed E-state index contributed by atoms with van der Waals surface area (Å²) in [6.07, 6.45) is 2.88. The Balaban J connectivity index is 2.76. The van der Waals surface area contributed by atoms with Crippen molar-refractivity contribution in [1.82, 2.24) is 4.98 Å². The fourth-order valence-electron chi connectivity index (χ4n) is 1.34. The first-order chi connectivity index (χ1) is 5.42. The van der Waals surface area contributed by atoms with Crippen LogP contribution in [0.5, 0.6) is 0 Å². The highest BCUT2D eigenvalue weighted by atomic mass is 14.7. The summed E-state index contributed by atoms with van der Waals surface area (Å²) in [6, 6.07) is 8.28. The molecule has 0 aliphatic heterocycles. The summed E-state index contributed by atoms with van der Waals surface area (Å²) in [5.74, 6) is 0. The second-order valence-electron chi connectivity index (χ2n) is 2.61. The van der Waals surface area contributed by atoms with Crippen molar-refractivity contribution in [3.8, 4) is 0 Å². The lowest BCUT2D eigenvalue weighted by Gasteiger charge is -1.90. The van der Waals surface area contributed by atoms with Gasteiger partial charge in [-0.15, -0.1) is 0 Å². The van der Waals surface area contributed by atoms with Crippen molar-refractivity contribution in [2.24, 2.45) is 0 Å². The molecule has 1 N–H and O–H groups in total. The minimum atomic E-state index is 0.851. The Hall–Kier alpha value is -1.24. The molecule has 0 unspecified atom stereocenters. The molecule has 1 radical (unpaired) electrons. The predicted molar refractivity (Wildman–Crippen MR) is 47.4 cm³/mol. The summed E-state index contributed by atoms with van der Waals surface area (Å²) in [6.45, 7) is 3.86. The van der Waals surface area contributed by atoms with E-state index < -0.39 is 0 Å². The topological polar surface area (TPSA) is 15.8 Å². The zero-order chi connectivity index (χ0) is 7.68. The van der Waals surface area contributed by atoms with Crippen LogP contribution in [0.25, 0.3) is 10.9 Å². The number of benzene rings is 1. The van der Waals surface area contributed by atoms with E-state index in [1.165, 1.54) is 16.5 Å². The number of fused-ring (bicyclic) bond motifs is 1. The third-order valence-corrected chi connectivity index (χ3v) is 1.94. The first kappa shape index (κ1) is 6.47. The molecule has 2 rings (SSSR count). The van der Waals surface area contributed by atoms with Crippen LogP contribution in [-0.4, -0.2) is 4.98 Å². The quantitative estimate of drug-likeness (QED) is 0.633. The second kappa shape index (κ2) is 2.42. The molecule has 0 bridgehead atoms. The molecule has 0 spiro atoms. The molecule has 1 aromatic carbocycles. The number of para-hydroxylation sites is 1. The molecule has 11 heavy (non-hydrogen) atoms. The lowest BCUT2D eigenvalue weighted by molar-refractivity contribution is 1.29. The molecule has 1 aromatic heterocycles. The second-order valence-corrected chi connectivity index (χ2v) is 2.61. The Bertz CT molecular complexity index is 360. The van der Waals surface area contributed by atoms with Crippen molar-refractivity contribution in [3.05, 3.63) is 42.9 Å². The first-order valence-electron chi connectivity index (χ1n) is 3.76. The number of aromatic nitrogens is 1. The Morgan fingerprint density at radius 3 is 2.91 bits per heavy atom. The number of nitrogens with one attached hydrogen (secondary N) is 1. The van der Waals surface area contributed by atoms with E-state index in [0.717, 1.165) is 6.42 Å². The summed E-state index contributed by atoms with van der Waals surface area (Å²) >= 11 is 0. The highest BCUT2D eigenvalue weighted by Crippen LogP contribution is 2.17. The van der Waals surface area contributed by atoms with E-state index in [9.17, 15) is 0 Å². The van der Waals surface area contributed by atoms with Crippen LogP contribution in [0.15, 0.2) is 30.5 Å². The van der Waals surface area contributed by atoms with Gasteiger partial charge >= 0.3 is 0 Å². The van der Waals surface area contributed by atoms with Crippen LogP contribution in [0.4, 0.5) is 0 Å². The van der Waals surface area contributed by atoms with E-state index in [0.29, 0.717) is 0 Å². The third-order valence-electron chi connectivity index (χ3n) is 1.94. The van der Waals surface area contributed by atoms with Crippen molar-refractivity contribution in [2.75, 3.05) is 0 Å². The van der Waals surface area contributed by atoms with Gasteiger partial charge in [0.05, 0.1) is 0 Å². The largest absolute Gasteiger partial charge is 0.361 e. The van der Waals surface area contributed by atoms with Gasteiger partial charge in [0.1, 0.15) is 0 Å². The van der Waals surface area contributed by atoms with Crippen molar-refractivity contribution in [1.29, 1.82) is 0 Å². The van der Waals surface area contributed by atoms with Crippen LogP contribution in [0.3, 0.4) is 0 Å². The van der Waals surface area contributed by atoms with Crippen molar-refractivity contribution < 1.29 is 0 Å². The van der Waals surface area contributed by atoms with Crippen molar-refractivity contribution in [3.63, 3.8) is 0 Å². The lowest BCUT2D eigenvalue weighted by atomic mass is 10.1. The summed E-state index contributed by atoms with van der Waals surface area (Å²) < 4.78 is 0. The molecule has 0 atom stereocenters. The Kier molecular flexibility index (Phi) is 1.42. The van der Waals surface area contributed by atoms with E-state index in [2.05, 4.69) is 30.1 Å². The van der Waals surface area contributed by atoms with Gasteiger partial charge < -0.3 is 4.98 Å². The van der Waals surface area contributed by atoms with Gasteiger partial charge in [-0.25, -0.2) is 0 Å². The number of aromatic amines is 1. The average Bonchev–Trinajstić information content (AvgIpc) is 2.47. The number of H-pyrrole nitrogens is 1. The molecular formula is C10H10N. The van der Waals surface area contributed by atoms with E-state index in [4.69, 9.17) is 0 Å². The fraction of sp³-hybridized carbons (Fsp3) is 0.100. The van der Waals surface area contributed by atoms with Crippen LogP contribution in [0.1, 0.15) is 5.56 Å². The van der Waals surface area contributed by atoms with E-state index >= 15 is 0 Å². The Labute approximate surface area is 66.1 Å². The van der Waals surface area contributed by atoms with Gasteiger partial charge in [-0.1, -0.05) is 18.2 Å². The SMILES string of the molecule is [CH2]Cc1c[nH]c2ccccc12. The normalized spacial score (nSPS) is 10.6. The predicted octanol–water partition coefficient (Wildman–Crippen LogP) is 2.54. The molecule has 0 aliphatic carbocycles. The molecule has 1 nitrogen and oxygen atoms in total. The third kappa shape index (κ3) is 0.929. The van der Waals surface area contributed by atoms with Gasteiger partial charge in [-0.05, 0) is 25.0 Å². The maximum Gasteiger partial charge on any atom is 0.0456 e. The van der Waals surface area contributed by atoms with Gasteiger partial charge in [0.2, 0.25) is 0 Å². The molecular weight excluding hydrogens is 134 g/mol. The zero-order valence-corrected chi connectivity index (χ0v) is 6.30.